The summed E-state index contributed by atoms with van der Waals surface area (Å²) in [4.78, 5) is 28.3. The van der Waals surface area contributed by atoms with Crippen molar-refractivity contribution in [3.8, 4) is 17.1 Å². The van der Waals surface area contributed by atoms with Crippen LogP contribution in [0.25, 0.3) is 11.3 Å². The van der Waals surface area contributed by atoms with E-state index in [1.165, 1.54) is 18.3 Å². The van der Waals surface area contributed by atoms with E-state index in [9.17, 15) is 13.2 Å². The van der Waals surface area contributed by atoms with Gasteiger partial charge in [0, 0.05) is 35.6 Å². The van der Waals surface area contributed by atoms with Crippen LogP contribution >= 0.6 is 0 Å². The molecule has 10 nitrogen and oxygen atoms in total. The highest BCUT2D eigenvalue weighted by molar-refractivity contribution is 7.90. The number of rotatable bonds is 7. The number of nitrogens with two attached hydrogens (primary N) is 1. The fourth-order valence-corrected chi connectivity index (χ4v) is 5.50. The molecular formula is C26H32N6O4S. The molecule has 3 aromatic rings. The Morgan fingerprint density at radius 1 is 1.27 bits per heavy atom. The number of amides is 1. The average Bonchev–Trinajstić information content (AvgIpc) is 3.11. The van der Waals surface area contributed by atoms with Crippen LogP contribution in [-0.4, -0.2) is 48.0 Å². The molecule has 1 amide bonds. The first-order chi connectivity index (χ1) is 17.5. The number of nitrogens with zero attached hydrogens (tertiary/aromatic N) is 4. The number of pyridine rings is 3. The van der Waals surface area contributed by atoms with Gasteiger partial charge in [-0.1, -0.05) is 6.92 Å². The second kappa shape index (κ2) is 9.97. The third-order valence-electron chi connectivity index (χ3n) is 6.99. The molecule has 4 heterocycles. The van der Waals surface area contributed by atoms with E-state index in [-0.39, 0.29) is 21.8 Å². The molecule has 11 heteroatoms. The summed E-state index contributed by atoms with van der Waals surface area (Å²) in [5, 5.41) is 0. The smallest absolute Gasteiger partial charge is 0.268 e. The third-order valence-corrected chi connectivity index (χ3v) is 8.36. The van der Waals surface area contributed by atoms with Gasteiger partial charge in [-0.25, -0.2) is 28.1 Å². The maximum absolute atomic E-state index is 13.4. The van der Waals surface area contributed by atoms with Crippen LogP contribution in [-0.2, 0) is 10.0 Å². The van der Waals surface area contributed by atoms with Gasteiger partial charge in [0.2, 0.25) is 5.88 Å². The summed E-state index contributed by atoms with van der Waals surface area (Å²) in [5.41, 5.74) is 7.82. The molecule has 1 fully saturated rings. The number of carbonyl (C=O) groups is 1. The minimum absolute atomic E-state index is 0.146. The van der Waals surface area contributed by atoms with Crippen LogP contribution in [0.5, 0.6) is 5.88 Å². The maximum atomic E-state index is 13.4. The van der Waals surface area contributed by atoms with Gasteiger partial charge in [0.05, 0.1) is 17.9 Å². The molecule has 4 rings (SSSR count). The Labute approximate surface area is 217 Å². The lowest BCUT2D eigenvalue weighted by Crippen LogP contribution is -2.43. The van der Waals surface area contributed by atoms with Gasteiger partial charge in [-0.2, -0.15) is 0 Å². The Kier molecular flexibility index (Phi) is 7.09. The summed E-state index contributed by atoms with van der Waals surface area (Å²) in [7, 11) is -4.25. The van der Waals surface area contributed by atoms with Gasteiger partial charge < -0.3 is 15.4 Å². The van der Waals surface area contributed by atoms with E-state index < -0.39 is 15.9 Å². The van der Waals surface area contributed by atoms with Gasteiger partial charge in [-0.05, 0) is 70.4 Å². The third kappa shape index (κ3) is 5.08. The Morgan fingerprint density at radius 3 is 2.65 bits per heavy atom. The summed E-state index contributed by atoms with van der Waals surface area (Å²) in [6.45, 7) is 11.3. The second-order valence-electron chi connectivity index (χ2n) is 9.66. The molecule has 1 unspecified atom stereocenters. The van der Waals surface area contributed by atoms with Gasteiger partial charge in [0.1, 0.15) is 16.5 Å². The highest BCUT2D eigenvalue weighted by Crippen LogP contribution is 2.39. The van der Waals surface area contributed by atoms with E-state index in [0.29, 0.717) is 36.5 Å². The number of aromatic nitrogens is 3. The number of sulfonamides is 1. The summed E-state index contributed by atoms with van der Waals surface area (Å²) in [5.74, 6) is 0.308. The van der Waals surface area contributed by atoms with Crippen molar-refractivity contribution in [2.75, 3.05) is 23.8 Å². The first-order valence-electron chi connectivity index (χ1n) is 12.1. The van der Waals surface area contributed by atoms with Crippen LogP contribution in [0.2, 0.25) is 0 Å². The number of hydrogen-bond acceptors (Lipinski definition) is 9. The van der Waals surface area contributed by atoms with E-state index in [2.05, 4.69) is 40.4 Å². The number of carbonyl (C=O) groups excluding carboxylic acids is 1. The van der Waals surface area contributed by atoms with E-state index in [1.807, 2.05) is 19.9 Å². The van der Waals surface area contributed by atoms with Crippen molar-refractivity contribution in [1.29, 1.82) is 0 Å². The Morgan fingerprint density at radius 2 is 2.03 bits per heavy atom. The normalized spacial score (nSPS) is 17.0. The first kappa shape index (κ1) is 26.3. The molecule has 0 saturated carbocycles. The van der Waals surface area contributed by atoms with Crippen LogP contribution in [0.3, 0.4) is 0 Å². The van der Waals surface area contributed by atoms with Crippen molar-refractivity contribution in [3.63, 3.8) is 0 Å². The molecule has 3 N–H and O–H groups in total. The Bertz CT molecular complexity index is 1440. The topological polar surface area (TPSA) is 140 Å². The molecule has 1 aliphatic rings. The largest absolute Gasteiger partial charge is 0.478 e. The van der Waals surface area contributed by atoms with Crippen LogP contribution in [0.15, 0.2) is 47.6 Å². The molecule has 1 atom stereocenters. The summed E-state index contributed by atoms with van der Waals surface area (Å²) < 4.78 is 33.6. The van der Waals surface area contributed by atoms with Gasteiger partial charge in [-0.3, -0.25) is 4.79 Å². The van der Waals surface area contributed by atoms with Gasteiger partial charge in [-0.15, -0.1) is 0 Å². The summed E-state index contributed by atoms with van der Waals surface area (Å²) in [6.07, 6.45) is 3.97. The number of hydrogen-bond donors (Lipinski definition) is 2. The predicted molar refractivity (Wildman–Crippen MR) is 142 cm³/mol. The standard InChI is InChI=1S/C26H32N6O4S/c1-6-36-25-16(2)14-18(15-29-25)20-10-9-19(23(30-20)32-13-11-17(3)26(32,4)5)24(33)31-37(34,35)21-8-7-12-28-22(21)27/h7-10,12,14-15,17H,6,11,13H2,1-5H3,(H2,27,28)(H,31,33). The maximum Gasteiger partial charge on any atom is 0.268 e. The molecule has 1 aliphatic heterocycles. The average molecular weight is 525 g/mol. The molecule has 37 heavy (non-hydrogen) atoms. The van der Waals surface area contributed by atoms with Crippen molar-refractivity contribution in [3.05, 3.63) is 53.9 Å². The number of nitrogen functional groups attached to an aromatic ring is 1. The zero-order valence-electron chi connectivity index (χ0n) is 21.6. The highest BCUT2D eigenvalue weighted by Gasteiger charge is 2.41. The van der Waals surface area contributed by atoms with Crippen molar-refractivity contribution >= 4 is 27.6 Å². The van der Waals surface area contributed by atoms with Gasteiger partial charge >= 0.3 is 0 Å². The molecule has 0 aliphatic carbocycles. The van der Waals surface area contributed by atoms with Crippen molar-refractivity contribution in [2.45, 2.75) is 51.5 Å². The molecule has 0 radical (unpaired) electrons. The second-order valence-corrected chi connectivity index (χ2v) is 11.3. The van der Waals surface area contributed by atoms with Crippen molar-refractivity contribution in [1.82, 2.24) is 19.7 Å². The molecule has 0 bridgehead atoms. The molecule has 0 spiro atoms. The van der Waals surface area contributed by atoms with Crippen molar-refractivity contribution < 1.29 is 17.9 Å². The lowest BCUT2D eigenvalue weighted by molar-refractivity contribution is 0.0981. The number of anilines is 2. The monoisotopic (exact) mass is 524 g/mol. The van der Waals surface area contributed by atoms with E-state index in [0.717, 1.165) is 17.5 Å². The lowest BCUT2D eigenvalue weighted by atomic mass is 9.90. The zero-order valence-corrected chi connectivity index (χ0v) is 22.5. The Balaban J connectivity index is 1.77. The first-order valence-corrected chi connectivity index (χ1v) is 13.6. The van der Waals surface area contributed by atoms with Crippen LogP contribution in [0, 0.1) is 12.8 Å². The minimum atomic E-state index is -4.25. The van der Waals surface area contributed by atoms with Crippen LogP contribution in [0.4, 0.5) is 11.6 Å². The lowest BCUT2D eigenvalue weighted by Gasteiger charge is -2.36. The number of aryl methyl sites for hydroxylation is 1. The molecule has 3 aromatic heterocycles. The zero-order chi connectivity index (χ0) is 27.0. The minimum Gasteiger partial charge on any atom is -0.478 e. The molecule has 0 aromatic carbocycles. The summed E-state index contributed by atoms with van der Waals surface area (Å²) >= 11 is 0. The number of nitrogens with one attached hydrogen (secondary N) is 1. The Hall–Kier alpha value is -3.73. The number of ether oxygens (including phenoxy) is 1. The quantitative estimate of drug-likeness (QED) is 0.474. The van der Waals surface area contributed by atoms with E-state index >= 15 is 0 Å². The fraction of sp³-hybridized carbons (Fsp3) is 0.385. The van der Waals surface area contributed by atoms with Gasteiger partial charge in [0.25, 0.3) is 15.9 Å². The molecule has 1 saturated heterocycles. The van der Waals surface area contributed by atoms with Crippen molar-refractivity contribution in [2.24, 2.45) is 5.92 Å². The molecule has 196 valence electrons. The SMILES string of the molecule is CCOc1ncc(-c2ccc(C(=O)NS(=O)(=O)c3cccnc3N)c(N3CCC(C)C3(C)C)n2)cc1C. The van der Waals surface area contributed by atoms with Crippen LogP contribution < -0.4 is 20.1 Å². The van der Waals surface area contributed by atoms with Crippen LogP contribution in [0.1, 0.15) is 50.0 Å². The fourth-order valence-electron chi connectivity index (χ4n) is 4.45. The van der Waals surface area contributed by atoms with E-state index in [1.54, 1.807) is 18.3 Å². The van der Waals surface area contributed by atoms with E-state index in [4.69, 9.17) is 15.5 Å². The van der Waals surface area contributed by atoms with Gasteiger partial charge in [0.15, 0.2) is 0 Å². The highest BCUT2D eigenvalue weighted by atomic mass is 32.2. The molecular weight excluding hydrogens is 492 g/mol. The summed E-state index contributed by atoms with van der Waals surface area (Å²) in [6, 6.07) is 7.95. The predicted octanol–water partition coefficient (Wildman–Crippen LogP) is 3.57.